The number of carbonyl (C=O) groups excluding carboxylic acids is 1. The van der Waals surface area contributed by atoms with Crippen LogP contribution in [0.4, 0.5) is 14.9 Å². The smallest absolute Gasteiger partial charge is 0.338 e. The molecule has 1 heterocycles. The van der Waals surface area contributed by atoms with Crippen molar-refractivity contribution in [3.63, 3.8) is 0 Å². The van der Waals surface area contributed by atoms with Gasteiger partial charge in [0.1, 0.15) is 5.82 Å². The lowest BCUT2D eigenvalue weighted by Gasteiger charge is -2.07. The maximum atomic E-state index is 13.4. The Labute approximate surface area is 111 Å². The number of aromatic nitrogens is 2. The third kappa shape index (κ3) is 3.28. The predicted molar refractivity (Wildman–Crippen MR) is 63.5 cm³/mol. The van der Waals surface area contributed by atoms with E-state index in [0.29, 0.717) is 0 Å². The van der Waals surface area contributed by atoms with E-state index in [2.05, 4.69) is 25.3 Å². The highest BCUT2D eigenvalue weighted by Crippen LogP contribution is 2.14. The Kier molecular flexibility index (Phi) is 3.89. The van der Waals surface area contributed by atoms with Gasteiger partial charge in [0.05, 0.1) is 12.1 Å². The number of carboxylic acid groups (broad SMARTS) is 1. The van der Waals surface area contributed by atoms with Crippen molar-refractivity contribution in [3.8, 4) is 0 Å². The number of aromatic carboxylic acids is 1. The van der Waals surface area contributed by atoms with Crippen LogP contribution in [0.15, 0.2) is 29.1 Å². The largest absolute Gasteiger partial charge is 0.478 e. The first-order valence-corrected chi connectivity index (χ1v) is 5.39. The van der Waals surface area contributed by atoms with Crippen LogP contribution >= 0.6 is 0 Å². The van der Waals surface area contributed by atoms with E-state index >= 15 is 0 Å². The molecule has 0 atom stereocenters. The second-order valence-corrected chi connectivity index (χ2v) is 3.65. The number of carboxylic acids is 1. The average molecular weight is 280 g/mol. The molecule has 0 aliphatic heterocycles. The van der Waals surface area contributed by atoms with Crippen LogP contribution in [0.3, 0.4) is 0 Å². The van der Waals surface area contributed by atoms with E-state index in [4.69, 9.17) is 5.11 Å². The molecule has 0 radical (unpaired) electrons. The van der Waals surface area contributed by atoms with Gasteiger partial charge in [0.15, 0.2) is 5.82 Å². The van der Waals surface area contributed by atoms with Crippen LogP contribution in [0.2, 0.25) is 0 Å². The second-order valence-electron chi connectivity index (χ2n) is 3.65. The minimum Gasteiger partial charge on any atom is -0.478 e. The summed E-state index contributed by atoms with van der Waals surface area (Å²) in [6, 6.07) is 2.64. The Morgan fingerprint density at radius 3 is 2.80 bits per heavy atom. The number of carbonyl (C=O) groups is 2. The van der Waals surface area contributed by atoms with Gasteiger partial charge >= 0.3 is 12.0 Å². The van der Waals surface area contributed by atoms with E-state index in [9.17, 15) is 14.0 Å². The molecule has 0 aliphatic rings. The lowest BCUT2D eigenvalue weighted by atomic mass is 10.2. The molecule has 9 heteroatoms. The van der Waals surface area contributed by atoms with Crippen LogP contribution in [-0.4, -0.2) is 27.2 Å². The molecule has 0 aliphatic carbocycles. The molecule has 104 valence electrons. The molecule has 0 fully saturated rings. The highest BCUT2D eigenvalue weighted by Gasteiger charge is 2.11. The summed E-state index contributed by atoms with van der Waals surface area (Å²) in [5, 5.41) is 16.9. The molecule has 0 unspecified atom stereocenters. The molecule has 1 aromatic heterocycles. The van der Waals surface area contributed by atoms with Gasteiger partial charge in [0.25, 0.3) is 0 Å². The van der Waals surface area contributed by atoms with E-state index in [-0.39, 0.29) is 18.1 Å². The van der Waals surface area contributed by atoms with Crippen molar-refractivity contribution >= 4 is 17.7 Å². The standard InChI is InChI=1S/C11H9FN4O4/c12-8-3-6(1-2-7(8)10(17)18)15-11(19)13-4-9-14-5-20-16-9/h1-3,5H,4H2,(H,17,18)(H2,13,15,19). The van der Waals surface area contributed by atoms with Crippen molar-refractivity contribution in [2.45, 2.75) is 6.54 Å². The topological polar surface area (TPSA) is 117 Å². The van der Waals surface area contributed by atoms with Gasteiger partial charge in [-0.15, -0.1) is 0 Å². The van der Waals surface area contributed by atoms with Crippen molar-refractivity contribution in [3.05, 3.63) is 41.8 Å². The third-order valence-corrected chi connectivity index (χ3v) is 2.27. The minimum atomic E-state index is -1.38. The number of anilines is 1. The minimum absolute atomic E-state index is 0.0397. The van der Waals surface area contributed by atoms with Crippen LogP contribution in [-0.2, 0) is 6.54 Å². The SMILES string of the molecule is O=C(NCc1ncon1)Nc1ccc(C(=O)O)c(F)c1. The number of halogens is 1. The number of urea groups is 1. The first-order chi connectivity index (χ1) is 9.56. The van der Waals surface area contributed by atoms with Crippen LogP contribution < -0.4 is 10.6 Å². The molecule has 0 bridgehead atoms. The Morgan fingerprint density at radius 2 is 2.20 bits per heavy atom. The van der Waals surface area contributed by atoms with Gasteiger partial charge < -0.3 is 20.3 Å². The zero-order chi connectivity index (χ0) is 14.5. The molecule has 0 spiro atoms. The molecule has 20 heavy (non-hydrogen) atoms. The zero-order valence-electron chi connectivity index (χ0n) is 9.96. The van der Waals surface area contributed by atoms with E-state index in [1.165, 1.54) is 6.07 Å². The number of hydrogen-bond donors (Lipinski definition) is 3. The van der Waals surface area contributed by atoms with Gasteiger partial charge in [-0.2, -0.15) is 4.98 Å². The van der Waals surface area contributed by atoms with Gasteiger partial charge in [0, 0.05) is 5.69 Å². The van der Waals surface area contributed by atoms with Crippen molar-refractivity contribution in [2.24, 2.45) is 0 Å². The monoisotopic (exact) mass is 280 g/mol. The van der Waals surface area contributed by atoms with Crippen molar-refractivity contribution < 1.29 is 23.6 Å². The van der Waals surface area contributed by atoms with Crippen molar-refractivity contribution in [1.82, 2.24) is 15.5 Å². The number of nitrogens with one attached hydrogen (secondary N) is 2. The highest BCUT2D eigenvalue weighted by atomic mass is 19.1. The molecule has 0 saturated carbocycles. The van der Waals surface area contributed by atoms with Gasteiger partial charge in [0.2, 0.25) is 6.39 Å². The molecular weight excluding hydrogens is 271 g/mol. The number of nitrogens with zero attached hydrogens (tertiary/aromatic N) is 2. The fourth-order valence-corrected chi connectivity index (χ4v) is 1.37. The predicted octanol–water partition coefficient (Wildman–Crippen LogP) is 1.23. The molecule has 2 aromatic rings. The molecule has 2 amide bonds. The Bertz CT molecular complexity index is 629. The zero-order valence-corrected chi connectivity index (χ0v) is 9.96. The van der Waals surface area contributed by atoms with E-state index in [0.717, 1.165) is 18.5 Å². The van der Waals surface area contributed by atoms with Gasteiger partial charge in [-0.25, -0.2) is 14.0 Å². The molecule has 0 saturated heterocycles. The van der Waals surface area contributed by atoms with E-state index < -0.39 is 23.4 Å². The van der Waals surface area contributed by atoms with E-state index in [1.807, 2.05) is 0 Å². The van der Waals surface area contributed by atoms with Gasteiger partial charge in [-0.05, 0) is 18.2 Å². The fraction of sp³-hybridized carbons (Fsp3) is 0.0909. The lowest BCUT2D eigenvalue weighted by molar-refractivity contribution is 0.0692. The van der Waals surface area contributed by atoms with Crippen LogP contribution in [0, 0.1) is 5.82 Å². The Hall–Kier alpha value is -2.97. The normalized spacial score (nSPS) is 10.1. The maximum absolute atomic E-state index is 13.4. The quantitative estimate of drug-likeness (QED) is 0.775. The number of rotatable bonds is 4. The molecular formula is C11H9FN4O4. The summed E-state index contributed by atoms with van der Waals surface area (Å²) < 4.78 is 17.9. The molecule has 8 nitrogen and oxygen atoms in total. The first kappa shape index (κ1) is 13.5. The van der Waals surface area contributed by atoms with Gasteiger partial charge in [-0.3, -0.25) is 0 Å². The van der Waals surface area contributed by atoms with Crippen LogP contribution in [0.5, 0.6) is 0 Å². The summed E-state index contributed by atoms with van der Waals surface area (Å²) in [5.41, 5.74) is -0.346. The number of benzene rings is 1. The molecule has 2 rings (SSSR count). The molecule has 3 N–H and O–H groups in total. The van der Waals surface area contributed by atoms with Crippen LogP contribution in [0.1, 0.15) is 16.2 Å². The number of amides is 2. The summed E-state index contributed by atoms with van der Waals surface area (Å²) >= 11 is 0. The van der Waals surface area contributed by atoms with Crippen LogP contribution in [0.25, 0.3) is 0 Å². The average Bonchev–Trinajstić information content (AvgIpc) is 2.89. The second kappa shape index (κ2) is 5.78. The molecule has 1 aromatic carbocycles. The van der Waals surface area contributed by atoms with Gasteiger partial charge in [-0.1, -0.05) is 5.16 Å². The van der Waals surface area contributed by atoms with E-state index in [1.54, 1.807) is 0 Å². The summed E-state index contributed by atoms with van der Waals surface area (Å²) in [7, 11) is 0. The third-order valence-electron chi connectivity index (χ3n) is 2.27. The van der Waals surface area contributed by atoms with Crippen molar-refractivity contribution in [2.75, 3.05) is 5.32 Å². The first-order valence-electron chi connectivity index (χ1n) is 5.39. The Balaban J connectivity index is 1.94. The maximum Gasteiger partial charge on any atom is 0.338 e. The summed E-state index contributed by atoms with van der Waals surface area (Å²) in [6.07, 6.45) is 1.12. The Morgan fingerprint density at radius 1 is 1.40 bits per heavy atom. The fourth-order valence-electron chi connectivity index (χ4n) is 1.37. The summed E-state index contributed by atoms with van der Waals surface area (Å²) in [5.74, 6) is -2.03. The summed E-state index contributed by atoms with van der Waals surface area (Å²) in [4.78, 5) is 25.8. The lowest BCUT2D eigenvalue weighted by Crippen LogP contribution is -2.28. The van der Waals surface area contributed by atoms with Crippen molar-refractivity contribution in [1.29, 1.82) is 0 Å². The highest BCUT2D eigenvalue weighted by molar-refractivity contribution is 5.91. The number of hydrogen-bond acceptors (Lipinski definition) is 5. The summed E-state index contributed by atoms with van der Waals surface area (Å²) in [6.45, 7) is 0.0397.